The first-order valence-electron chi connectivity index (χ1n) is 12.4. The van der Waals surface area contributed by atoms with Crippen LogP contribution in [0, 0.1) is 5.92 Å². The van der Waals surface area contributed by atoms with Gasteiger partial charge in [0.05, 0.1) is 11.9 Å². The summed E-state index contributed by atoms with van der Waals surface area (Å²) in [7, 11) is 1.87. The second kappa shape index (κ2) is 10.6. The zero-order valence-corrected chi connectivity index (χ0v) is 20.4. The Labute approximate surface area is 210 Å². The number of nitrogens with zero attached hydrogens (tertiary/aromatic N) is 4. The first-order valence-corrected chi connectivity index (χ1v) is 12.4. The lowest BCUT2D eigenvalue weighted by molar-refractivity contribution is -0.122. The summed E-state index contributed by atoms with van der Waals surface area (Å²) in [6, 6.07) is 17.3. The molecule has 0 aliphatic heterocycles. The number of nitrogens with one attached hydrogen (secondary N) is 2. The molecule has 2 N–H and O–H groups in total. The maximum absolute atomic E-state index is 13.2. The fourth-order valence-corrected chi connectivity index (χ4v) is 4.14. The molecule has 1 aliphatic carbocycles. The van der Waals surface area contributed by atoms with E-state index in [-0.39, 0.29) is 17.7 Å². The maximum Gasteiger partial charge on any atom is 0.258 e. The fourth-order valence-electron chi connectivity index (χ4n) is 4.14. The van der Waals surface area contributed by atoms with Crippen molar-refractivity contribution >= 4 is 17.8 Å². The normalized spacial score (nSPS) is 12.9. The fraction of sp³-hybridized carbons (Fsp3) is 0.286. The highest BCUT2D eigenvalue weighted by molar-refractivity contribution is 6.04. The minimum absolute atomic E-state index is 0.181. The Morgan fingerprint density at radius 3 is 2.58 bits per heavy atom. The number of aromatic nitrogens is 4. The minimum Gasteiger partial charge on any atom is -0.356 e. The molecule has 0 unspecified atom stereocenters. The predicted octanol–water partition coefficient (Wildman–Crippen LogP) is 4.37. The van der Waals surface area contributed by atoms with Crippen molar-refractivity contribution in [1.29, 1.82) is 0 Å². The van der Waals surface area contributed by atoms with Crippen LogP contribution in [0.4, 0.5) is 5.95 Å². The maximum atomic E-state index is 13.2. The first-order chi connectivity index (χ1) is 17.6. The smallest absolute Gasteiger partial charge is 0.258 e. The molecule has 36 heavy (non-hydrogen) atoms. The molecular weight excluding hydrogens is 452 g/mol. The number of imidazole rings is 1. The van der Waals surface area contributed by atoms with Crippen LogP contribution < -0.4 is 10.6 Å². The molecule has 2 aromatic heterocycles. The van der Waals surface area contributed by atoms with Gasteiger partial charge in [-0.1, -0.05) is 30.3 Å². The van der Waals surface area contributed by atoms with Gasteiger partial charge in [-0.3, -0.25) is 24.2 Å². The number of para-hydroxylation sites is 1. The largest absolute Gasteiger partial charge is 0.356 e. The number of carbonyl (C=O) groups is 2. The average molecular weight is 483 g/mol. The molecule has 184 valence electrons. The van der Waals surface area contributed by atoms with Gasteiger partial charge in [0, 0.05) is 48.7 Å². The number of anilines is 1. The van der Waals surface area contributed by atoms with Crippen molar-refractivity contribution in [2.75, 3.05) is 11.9 Å². The summed E-state index contributed by atoms with van der Waals surface area (Å²) < 4.78 is 3.65. The van der Waals surface area contributed by atoms with Gasteiger partial charge in [0.2, 0.25) is 11.9 Å². The molecular formula is C28H30N6O2. The van der Waals surface area contributed by atoms with Crippen LogP contribution in [-0.2, 0) is 18.3 Å². The second-order valence-electron chi connectivity index (χ2n) is 9.22. The van der Waals surface area contributed by atoms with Crippen molar-refractivity contribution in [3.63, 3.8) is 0 Å². The molecule has 4 aromatic rings. The van der Waals surface area contributed by atoms with Crippen LogP contribution >= 0.6 is 0 Å². The quantitative estimate of drug-likeness (QED) is 0.328. The molecule has 0 atom stereocenters. The number of rotatable bonds is 10. The first kappa shape index (κ1) is 23.5. The van der Waals surface area contributed by atoms with Crippen LogP contribution in [0.1, 0.15) is 41.7 Å². The number of benzene rings is 2. The third kappa shape index (κ3) is 5.71. The van der Waals surface area contributed by atoms with E-state index in [2.05, 4.69) is 15.7 Å². The lowest BCUT2D eigenvalue weighted by Gasteiger charge is -2.09. The van der Waals surface area contributed by atoms with Crippen LogP contribution in [0.3, 0.4) is 0 Å². The van der Waals surface area contributed by atoms with E-state index in [4.69, 9.17) is 4.98 Å². The van der Waals surface area contributed by atoms with E-state index >= 15 is 0 Å². The molecule has 8 heteroatoms. The molecule has 0 radical (unpaired) electrons. The second-order valence-corrected chi connectivity index (χ2v) is 9.22. The van der Waals surface area contributed by atoms with Gasteiger partial charge < -0.3 is 5.32 Å². The number of aryl methyl sites for hydroxylation is 2. The molecule has 2 aromatic carbocycles. The van der Waals surface area contributed by atoms with Crippen LogP contribution in [0.5, 0.6) is 0 Å². The summed E-state index contributed by atoms with van der Waals surface area (Å²) in [4.78, 5) is 29.7. The van der Waals surface area contributed by atoms with Gasteiger partial charge in [-0.25, -0.2) is 4.98 Å². The molecule has 0 bridgehead atoms. The highest BCUT2D eigenvalue weighted by Gasteiger charge is 2.28. The third-order valence-corrected chi connectivity index (χ3v) is 6.29. The zero-order valence-electron chi connectivity index (χ0n) is 20.4. The molecule has 0 saturated heterocycles. The van der Waals surface area contributed by atoms with E-state index in [1.54, 1.807) is 16.9 Å². The van der Waals surface area contributed by atoms with Gasteiger partial charge in [-0.15, -0.1) is 0 Å². The van der Waals surface area contributed by atoms with Gasteiger partial charge in [0.1, 0.15) is 0 Å². The van der Waals surface area contributed by atoms with Crippen molar-refractivity contribution in [2.45, 2.75) is 32.1 Å². The SMILES string of the molecule is Cn1cc(-c2cccc(C(=O)Nc3nc(CCCCNC(=O)C4CC4)cn3-c3ccccc3)c2)cn1. The molecule has 5 rings (SSSR count). The van der Waals surface area contributed by atoms with Crippen molar-refractivity contribution in [2.24, 2.45) is 13.0 Å². The Balaban J connectivity index is 1.28. The van der Waals surface area contributed by atoms with E-state index in [1.165, 1.54) is 0 Å². The topological polar surface area (TPSA) is 93.8 Å². The van der Waals surface area contributed by atoms with Gasteiger partial charge in [-0.05, 0) is 61.9 Å². The molecule has 1 aliphatic rings. The Morgan fingerprint density at radius 2 is 1.83 bits per heavy atom. The van der Waals surface area contributed by atoms with Crippen molar-refractivity contribution in [3.8, 4) is 16.8 Å². The summed E-state index contributed by atoms with van der Waals surface area (Å²) in [6.07, 6.45) is 10.3. The summed E-state index contributed by atoms with van der Waals surface area (Å²) in [5.41, 5.74) is 4.25. The van der Waals surface area contributed by atoms with Gasteiger partial charge in [-0.2, -0.15) is 5.10 Å². The zero-order chi connectivity index (χ0) is 24.9. The highest BCUT2D eigenvalue weighted by Crippen LogP contribution is 2.28. The lowest BCUT2D eigenvalue weighted by atomic mass is 10.1. The standard InChI is InChI=1S/C28H30N6O2/c1-33-18-23(17-30-33)21-8-7-9-22(16-21)27(36)32-28-31-24(19-34(28)25-11-3-2-4-12-25)10-5-6-15-29-26(35)20-13-14-20/h2-4,7-9,11-12,16-20H,5-6,10,13-15H2,1H3,(H,29,35)(H,31,32,36). The molecule has 2 amide bonds. The van der Waals surface area contributed by atoms with E-state index in [9.17, 15) is 9.59 Å². The number of hydrogen-bond donors (Lipinski definition) is 2. The minimum atomic E-state index is -0.224. The molecule has 8 nitrogen and oxygen atoms in total. The van der Waals surface area contributed by atoms with Crippen LogP contribution in [0.2, 0.25) is 0 Å². The van der Waals surface area contributed by atoms with Crippen molar-refractivity contribution < 1.29 is 9.59 Å². The average Bonchev–Trinajstić information content (AvgIpc) is 3.55. The van der Waals surface area contributed by atoms with E-state index in [0.29, 0.717) is 18.1 Å². The van der Waals surface area contributed by atoms with E-state index in [1.807, 2.05) is 72.5 Å². The Kier molecular flexibility index (Phi) is 6.93. The molecule has 2 heterocycles. The Bertz CT molecular complexity index is 1350. The summed E-state index contributed by atoms with van der Waals surface area (Å²) in [6.45, 7) is 0.686. The number of carbonyl (C=O) groups excluding carboxylic acids is 2. The van der Waals surface area contributed by atoms with Crippen molar-refractivity contribution in [1.82, 2.24) is 24.6 Å². The third-order valence-electron chi connectivity index (χ3n) is 6.29. The number of hydrogen-bond acceptors (Lipinski definition) is 4. The predicted molar refractivity (Wildman–Crippen MR) is 139 cm³/mol. The monoisotopic (exact) mass is 482 g/mol. The van der Waals surface area contributed by atoms with Crippen LogP contribution in [0.15, 0.2) is 73.2 Å². The van der Waals surface area contributed by atoms with Gasteiger partial charge in [0.25, 0.3) is 5.91 Å². The Morgan fingerprint density at radius 1 is 1.00 bits per heavy atom. The van der Waals surface area contributed by atoms with E-state index in [0.717, 1.165) is 54.6 Å². The van der Waals surface area contributed by atoms with Gasteiger partial charge >= 0.3 is 0 Å². The lowest BCUT2D eigenvalue weighted by Crippen LogP contribution is -2.25. The summed E-state index contributed by atoms with van der Waals surface area (Å²) in [5.74, 6) is 0.677. The van der Waals surface area contributed by atoms with Crippen LogP contribution in [-0.4, -0.2) is 37.7 Å². The number of unbranched alkanes of at least 4 members (excludes halogenated alkanes) is 1. The highest BCUT2D eigenvalue weighted by atomic mass is 16.2. The molecule has 1 saturated carbocycles. The number of amides is 2. The Hall–Kier alpha value is -4.20. The van der Waals surface area contributed by atoms with Gasteiger partial charge in [0.15, 0.2) is 0 Å². The van der Waals surface area contributed by atoms with Crippen LogP contribution in [0.25, 0.3) is 16.8 Å². The van der Waals surface area contributed by atoms with E-state index < -0.39 is 0 Å². The molecule has 0 spiro atoms. The van der Waals surface area contributed by atoms with Crippen molar-refractivity contribution in [3.05, 3.63) is 84.4 Å². The summed E-state index contributed by atoms with van der Waals surface area (Å²) in [5, 5.41) is 10.2. The molecule has 1 fully saturated rings. The summed E-state index contributed by atoms with van der Waals surface area (Å²) >= 11 is 0.